The van der Waals surface area contributed by atoms with Crippen LogP contribution in [0, 0.1) is 0 Å². The van der Waals surface area contributed by atoms with E-state index in [1.54, 1.807) is 7.05 Å². The first-order valence-corrected chi connectivity index (χ1v) is 11.3. The van der Waals surface area contributed by atoms with Crippen LogP contribution in [0.5, 0.6) is 5.75 Å². The van der Waals surface area contributed by atoms with Gasteiger partial charge in [0.1, 0.15) is 11.4 Å². The molecule has 0 saturated carbocycles. The van der Waals surface area contributed by atoms with Crippen molar-refractivity contribution >= 4 is 17.4 Å². The third kappa shape index (κ3) is 4.35. The van der Waals surface area contributed by atoms with Crippen molar-refractivity contribution < 1.29 is 9.53 Å². The van der Waals surface area contributed by atoms with Crippen LogP contribution in [0.3, 0.4) is 0 Å². The van der Waals surface area contributed by atoms with Gasteiger partial charge in [-0.25, -0.2) is 0 Å². The summed E-state index contributed by atoms with van der Waals surface area (Å²) in [7, 11) is 1.71. The van der Waals surface area contributed by atoms with Gasteiger partial charge in [0.15, 0.2) is 5.82 Å². The van der Waals surface area contributed by atoms with E-state index < -0.39 is 0 Å². The van der Waals surface area contributed by atoms with E-state index in [1.807, 2.05) is 12.1 Å². The number of aromatic nitrogens is 3. The van der Waals surface area contributed by atoms with Crippen molar-refractivity contribution in [2.45, 2.75) is 38.7 Å². The minimum Gasteiger partial charge on any atom is -0.487 e. The number of hydrogen-bond acceptors (Lipinski definition) is 5. The molecular weight excluding hydrogens is 414 g/mol. The molecule has 0 aliphatic carbocycles. The van der Waals surface area contributed by atoms with Crippen LogP contribution in [-0.2, 0) is 19.9 Å². The molecule has 1 amide bonds. The van der Waals surface area contributed by atoms with E-state index in [0.717, 1.165) is 48.5 Å². The number of likely N-dealkylation sites (tertiary alicyclic amines) is 1. The topological polar surface area (TPSA) is 72.3 Å². The highest BCUT2D eigenvalue weighted by Crippen LogP contribution is 2.39. The highest BCUT2D eigenvalue weighted by atomic mass is 16.5. The fraction of sp³-hybridized carbons (Fsp3) is 0.346. The van der Waals surface area contributed by atoms with Crippen LogP contribution in [0.4, 0.5) is 5.82 Å². The lowest BCUT2D eigenvalue weighted by Gasteiger charge is -2.34. The maximum Gasteiger partial charge on any atom is 0.257 e. The first-order valence-electron chi connectivity index (χ1n) is 11.3. The van der Waals surface area contributed by atoms with Crippen LogP contribution in [0.25, 0.3) is 5.70 Å². The normalized spacial score (nSPS) is 16.0. The summed E-state index contributed by atoms with van der Waals surface area (Å²) < 4.78 is 6.18. The maximum atomic E-state index is 12.9. The van der Waals surface area contributed by atoms with Crippen LogP contribution >= 0.6 is 0 Å². The Kier molecular flexibility index (Phi) is 5.19. The lowest BCUT2D eigenvalue weighted by Crippen LogP contribution is -2.34. The minimum atomic E-state index is -0.296. The van der Waals surface area contributed by atoms with Crippen molar-refractivity contribution in [2.24, 2.45) is 7.05 Å². The number of rotatable bonds is 6. The van der Waals surface area contributed by atoms with Crippen molar-refractivity contribution in [3.63, 3.8) is 0 Å². The van der Waals surface area contributed by atoms with Crippen molar-refractivity contribution in [1.82, 2.24) is 19.9 Å². The van der Waals surface area contributed by atoms with Gasteiger partial charge in [-0.3, -0.25) is 4.79 Å². The minimum absolute atomic E-state index is 0.228. The molecule has 2 aromatic carbocycles. The van der Waals surface area contributed by atoms with E-state index in [-0.39, 0.29) is 11.5 Å². The number of aryl methyl sites for hydroxylation is 1. The zero-order chi connectivity index (χ0) is 23.2. The van der Waals surface area contributed by atoms with Crippen LogP contribution in [-0.4, -0.2) is 44.5 Å². The summed E-state index contributed by atoms with van der Waals surface area (Å²) in [6.07, 6.45) is 4.31. The molecule has 0 bridgehead atoms. The number of fused-ring (bicyclic) bond motifs is 1. The van der Waals surface area contributed by atoms with Gasteiger partial charge in [-0.05, 0) is 55.5 Å². The number of hydrogen-bond donors (Lipinski definition) is 1. The van der Waals surface area contributed by atoms with Gasteiger partial charge < -0.3 is 15.0 Å². The van der Waals surface area contributed by atoms with Gasteiger partial charge in [0.2, 0.25) is 0 Å². The van der Waals surface area contributed by atoms with Crippen LogP contribution < -0.4 is 10.1 Å². The molecule has 1 saturated heterocycles. The lowest BCUT2D eigenvalue weighted by atomic mass is 9.92. The van der Waals surface area contributed by atoms with E-state index in [9.17, 15) is 4.79 Å². The standard InChI is InChI=1S/C26H29N5O2/c1-17(31-10-5-11-31)19-8-6-18(7-9-19)12-20-13-21(14-23-22(20)15-26(2,3)33-23)25(32)28-24-16-27-30(4)29-24/h6-9,13-14,16H,1,5,10-12,15H2,2-4H3,(H,28,29,32). The van der Waals surface area contributed by atoms with Crippen LogP contribution in [0.2, 0.25) is 0 Å². The summed E-state index contributed by atoms with van der Waals surface area (Å²) in [5, 5.41) is 11.0. The first kappa shape index (κ1) is 21.2. The Bertz CT molecular complexity index is 1220. The summed E-state index contributed by atoms with van der Waals surface area (Å²) in [4.78, 5) is 16.7. The van der Waals surface area contributed by atoms with Gasteiger partial charge in [-0.1, -0.05) is 30.8 Å². The van der Waals surface area contributed by atoms with E-state index in [0.29, 0.717) is 11.4 Å². The molecule has 1 N–H and O–H groups in total. The van der Waals surface area contributed by atoms with Gasteiger partial charge >= 0.3 is 0 Å². The summed E-state index contributed by atoms with van der Waals surface area (Å²) in [5.74, 6) is 0.974. The summed E-state index contributed by atoms with van der Waals surface area (Å²) >= 11 is 0. The molecule has 3 aromatic rings. The smallest absolute Gasteiger partial charge is 0.257 e. The highest BCUT2D eigenvalue weighted by Gasteiger charge is 2.33. The zero-order valence-corrected chi connectivity index (χ0v) is 19.4. The molecule has 0 unspecified atom stereocenters. The van der Waals surface area contributed by atoms with Gasteiger partial charge in [0.05, 0.1) is 6.20 Å². The molecular formula is C26H29N5O2. The molecule has 3 heterocycles. The second-order valence-electron chi connectivity index (χ2n) is 9.48. The second-order valence-corrected chi connectivity index (χ2v) is 9.48. The van der Waals surface area contributed by atoms with Crippen molar-refractivity contribution in [3.8, 4) is 5.75 Å². The Balaban J connectivity index is 1.41. The third-order valence-corrected chi connectivity index (χ3v) is 6.31. The predicted molar refractivity (Wildman–Crippen MR) is 128 cm³/mol. The zero-order valence-electron chi connectivity index (χ0n) is 19.4. The molecule has 7 heteroatoms. The Morgan fingerprint density at radius 1 is 1.18 bits per heavy atom. The van der Waals surface area contributed by atoms with Crippen molar-refractivity contribution in [2.75, 3.05) is 18.4 Å². The molecule has 0 atom stereocenters. The largest absolute Gasteiger partial charge is 0.487 e. The number of benzene rings is 2. The summed E-state index contributed by atoms with van der Waals surface area (Å²) in [5.41, 5.74) is 5.97. The van der Waals surface area contributed by atoms with Crippen LogP contribution in [0.1, 0.15) is 52.9 Å². The fourth-order valence-electron chi connectivity index (χ4n) is 4.44. The average Bonchev–Trinajstić information content (AvgIpc) is 3.27. The molecule has 1 fully saturated rings. The van der Waals surface area contributed by atoms with Gasteiger partial charge in [0.25, 0.3) is 5.91 Å². The number of anilines is 1. The number of nitrogens with one attached hydrogen (secondary N) is 1. The number of carbonyl (C=O) groups excluding carboxylic acids is 1. The molecule has 0 spiro atoms. The molecule has 7 nitrogen and oxygen atoms in total. The van der Waals surface area contributed by atoms with E-state index >= 15 is 0 Å². The Morgan fingerprint density at radius 2 is 1.94 bits per heavy atom. The maximum absolute atomic E-state index is 12.9. The van der Waals surface area contributed by atoms with E-state index in [4.69, 9.17) is 4.74 Å². The van der Waals surface area contributed by atoms with Crippen molar-refractivity contribution in [1.29, 1.82) is 0 Å². The third-order valence-electron chi connectivity index (χ3n) is 6.31. The molecule has 2 aliphatic rings. The quantitative estimate of drug-likeness (QED) is 0.622. The number of amides is 1. The van der Waals surface area contributed by atoms with Crippen molar-refractivity contribution in [3.05, 3.63) is 77.0 Å². The molecule has 1 aromatic heterocycles. The molecule has 5 rings (SSSR count). The number of nitrogens with zero attached hydrogens (tertiary/aromatic N) is 4. The fourth-order valence-corrected chi connectivity index (χ4v) is 4.44. The SMILES string of the molecule is C=C(c1ccc(Cc2cc(C(=O)Nc3cnn(C)n3)cc3c2CC(C)(C)O3)cc1)N1CCC1. The monoisotopic (exact) mass is 443 g/mol. The number of ether oxygens (including phenoxy) is 1. The van der Waals surface area contributed by atoms with Gasteiger partial charge in [-0.15, -0.1) is 5.10 Å². The average molecular weight is 444 g/mol. The second kappa shape index (κ2) is 8.06. The highest BCUT2D eigenvalue weighted by molar-refractivity contribution is 6.04. The Labute approximate surface area is 194 Å². The molecule has 33 heavy (non-hydrogen) atoms. The Morgan fingerprint density at radius 3 is 2.58 bits per heavy atom. The first-order chi connectivity index (χ1) is 15.8. The lowest BCUT2D eigenvalue weighted by molar-refractivity contribution is 0.102. The van der Waals surface area contributed by atoms with Crippen LogP contribution in [0.15, 0.2) is 49.2 Å². The molecule has 170 valence electrons. The Hall–Kier alpha value is -3.61. The predicted octanol–water partition coefficient (Wildman–Crippen LogP) is 4.05. The van der Waals surface area contributed by atoms with E-state index in [2.05, 4.69) is 65.1 Å². The van der Waals surface area contributed by atoms with Gasteiger partial charge in [-0.2, -0.15) is 9.90 Å². The summed E-state index contributed by atoms with van der Waals surface area (Å²) in [6.45, 7) is 10.6. The summed E-state index contributed by atoms with van der Waals surface area (Å²) in [6, 6.07) is 12.4. The molecule has 0 radical (unpaired) electrons. The molecule has 2 aliphatic heterocycles. The number of carbonyl (C=O) groups is 1. The van der Waals surface area contributed by atoms with Gasteiger partial charge in [0, 0.05) is 43.4 Å². The van der Waals surface area contributed by atoms with E-state index in [1.165, 1.54) is 28.5 Å².